The van der Waals surface area contributed by atoms with E-state index >= 15 is 0 Å². The SMILES string of the molecule is CN[C@@H](CC1OC1O)C(=O)O. The minimum Gasteiger partial charge on any atom is -0.480 e. The molecular formula is C6H11NO4. The Morgan fingerprint density at radius 2 is 2.36 bits per heavy atom. The predicted molar refractivity (Wildman–Crippen MR) is 36.0 cm³/mol. The van der Waals surface area contributed by atoms with Gasteiger partial charge in [-0.15, -0.1) is 0 Å². The molecule has 11 heavy (non-hydrogen) atoms. The average molecular weight is 161 g/mol. The molecule has 1 saturated heterocycles. The summed E-state index contributed by atoms with van der Waals surface area (Å²) in [4.78, 5) is 10.4. The van der Waals surface area contributed by atoms with E-state index in [1.807, 2.05) is 0 Å². The second kappa shape index (κ2) is 3.17. The first-order chi connectivity index (χ1) is 5.15. The van der Waals surface area contributed by atoms with E-state index in [1.54, 1.807) is 7.05 Å². The minimum absolute atomic E-state index is 0.302. The summed E-state index contributed by atoms with van der Waals surface area (Å²) in [5.74, 6) is -0.921. The van der Waals surface area contributed by atoms with Crippen LogP contribution in [-0.4, -0.2) is 41.7 Å². The third-order valence-corrected chi connectivity index (χ3v) is 1.67. The van der Waals surface area contributed by atoms with Gasteiger partial charge in [-0.05, 0) is 7.05 Å². The molecule has 1 aliphatic heterocycles. The Hall–Kier alpha value is -0.650. The summed E-state index contributed by atoms with van der Waals surface area (Å²) in [5.41, 5.74) is 0. The number of carboxylic acid groups (broad SMARTS) is 1. The van der Waals surface area contributed by atoms with Crippen molar-refractivity contribution in [1.29, 1.82) is 0 Å². The number of carboxylic acids is 1. The van der Waals surface area contributed by atoms with Gasteiger partial charge in [0.25, 0.3) is 0 Å². The van der Waals surface area contributed by atoms with Gasteiger partial charge in [0.1, 0.15) is 12.1 Å². The van der Waals surface area contributed by atoms with Crippen LogP contribution < -0.4 is 5.32 Å². The molecule has 3 atom stereocenters. The lowest BCUT2D eigenvalue weighted by atomic mass is 10.1. The van der Waals surface area contributed by atoms with E-state index in [2.05, 4.69) is 10.1 Å². The standard InChI is InChI=1S/C6H11NO4/c1-7-3(5(8)9)2-4-6(10)11-4/h3-4,6-7,10H,2H2,1H3,(H,8,9)/t3-,4?,6?/m0/s1. The smallest absolute Gasteiger partial charge is 0.320 e. The zero-order valence-corrected chi connectivity index (χ0v) is 6.15. The molecule has 64 valence electrons. The van der Waals surface area contributed by atoms with Crippen LogP contribution in [0.25, 0.3) is 0 Å². The van der Waals surface area contributed by atoms with Gasteiger partial charge in [-0.2, -0.15) is 0 Å². The predicted octanol–water partition coefficient (Wildman–Crippen LogP) is -1.23. The molecule has 0 aromatic rings. The monoisotopic (exact) mass is 161 g/mol. The van der Waals surface area contributed by atoms with Gasteiger partial charge in [-0.25, -0.2) is 0 Å². The molecule has 0 bridgehead atoms. The second-order valence-electron chi connectivity index (χ2n) is 2.48. The fourth-order valence-corrected chi connectivity index (χ4v) is 0.880. The van der Waals surface area contributed by atoms with Crippen LogP contribution in [0.5, 0.6) is 0 Å². The number of ether oxygens (including phenoxy) is 1. The summed E-state index contributed by atoms with van der Waals surface area (Å²) < 4.78 is 4.65. The number of epoxide rings is 1. The maximum atomic E-state index is 10.4. The lowest BCUT2D eigenvalue weighted by Gasteiger charge is -2.07. The summed E-state index contributed by atoms with van der Waals surface area (Å²) in [7, 11) is 1.56. The van der Waals surface area contributed by atoms with E-state index in [0.717, 1.165) is 0 Å². The highest BCUT2D eigenvalue weighted by molar-refractivity contribution is 5.73. The lowest BCUT2D eigenvalue weighted by Crippen LogP contribution is -2.35. The molecule has 0 amide bonds. The van der Waals surface area contributed by atoms with Crippen LogP contribution in [0.1, 0.15) is 6.42 Å². The number of aliphatic hydroxyl groups excluding tert-OH is 1. The van der Waals surface area contributed by atoms with Gasteiger partial charge in [-0.3, -0.25) is 4.79 Å². The van der Waals surface area contributed by atoms with Gasteiger partial charge in [0.05, 0.1) is 0 Å². The maximum absolute atomic E-state index is 10.4. The summed E-state index contributed by atoms with van der Waals surface area (Å²) in [6.07, 6.45) is -0.749. The lowest BCUT2D eigenvalue weighted by molar-refractivity contribution is -0.139. The molecule has 2 unspecified atom stereocenters. The van der Waals surface area contributed by atoms with Crippen molar-refractivity contribution in [2.24, 2.45) is 0 Å². The number of likely N-dealkylation sites (N-methyl/N-ethyl adjacent to an activating group) is 1. The number of rotatable bonds is 4. The second-order valence-corrected chi connectivity index (χ2v) is 2.48. The number of aliphatic carboxylic acids is 1. The van der Waals surface area contributed by atoms with Crippen LogP contribution in [0.2, 0.25) is 0 Å². The maximum Gasteiger partial charge on any atom is 0.320 e. The highest BCUT2D eigenvalue weighted by Gasteiger charge is 2.39. The van der Waals surface area contributed by atoms with Crippen molar-refractivity contribution in [3.05, 3.63) is 0 Å². The fourth-order valence-electron chi connectivity index (χ4n) is 0.880. The Morgan fingerprint density at radius 1 is 1.82 bits per heavy atom. The average Bonchev–Trinajstić information content (AvgIpc) is 2.61. The molecule has 0 spiro atoms. The first kappa shape index (κ1) is 8.45. The number of hydrogen-bond donors (Lipinski definition) is 3. The van der Waals surface area contributed by atoms with Gasteiger partial charge in [0, 0.05) is 6.42 Å². The van der Waals surface area contributed by atoms with Crippen LogP contribution in [0, 0.1) is 0 Å². The highest BCUT2D eigenvalue weighted by atomic mass is 16.7. The molecule has 1 rings (SSSR count). The Labute approximate surface area is 64.0 Å². The molecule has 5 heteroatoms. The Morgan fingerprint density at radius 3 is 2.64 bits per heavy atom. The van der Waals surface area contributed by atoms with Crippen molar-refractivity contribution in [3.8, 4) is 0 Å². The molecule has 1 aliphatic rings. The molecule has 3 N–H and O–H groups in total. The van der Waals surface area contributed by atoms with Gasteiger partial charge in [0.2, 0.25) is 0 Å². The third-order valence-electron chi connectivity index (χ3n) is 1.67. The van der Waals surface area contributed by atoms with E-state index in [4.69, 9.17) is 10.2 Å². The topological polar surface area (TPSA) is 82.1 Å². The minimum atomic E-state index is -0.921. The Kier molecular flexibility index (Phi) is 2.43. The first-order valence-electron chi connectivity index (χ1n) is 3.38. The molecule has 0 radical (unpaired) electrons. The van der Waals surface area contributed by atoms with Crippen LogP contribution in [0.15, 0.2) is 0 Å². The molecule has 0 saturated carbocycles. The van der Waals surface area contributed by atoms with Crippen molar-refractivity contribution >= 4 is 5.97 Å². The molecule has 0 aromatic carbocycles. The number of hydrogen-bond acceptors (Lipinski definition) is 4. The zero-order chi connectivity index (χ0) is 8.43. The Balaban J connectivity index is 2.27. The number of aliphatic hydroxyl groups is 1. The van der Waals surface area contributed by atoms with Gasteiger partial charge < -0.3 is 20.3 Å². The van der Waals surface area contributed by atoms with Crippen molar-refractivity contribution in [1.82, 2.24) is 5.32 Å². The Bertz CT molecular complexity index is 161. The van der Waals surface area contributed by atoms with Gasteiger partial charge in [0.15, 0.2) is 6.29 Å². The van der Waals surface area contributed by atoms with E-state index in [9.17, 15) is 4.79 Å². The van der Waals surface area contributed by atoms with Crippen molar-refractivity contribution in [2.45, 2.75) is 24.9 Å². The van der Waals surface area contributed by atoms with Crippen molar-refractivity contribution in [2.75, 3.05) is 7.05 Å². The van der Waals surface area contributed by atoms with Crippen LogP contribution in [0.4, 0.5) is 0 Å². The van der Waals surface area contributed by atoms with Gasteiger partial charge in [-0.1, -0.05) is 0 Å². The normalized spacial score (nSPS) is 31.5. The van der Waals surface area contributed by atoms with Crippen molar-refractivity contribution < 1.29 is 19.7 Å². The molecule has 5 nitrogen and oxygen atoms in total. The van der Waals surface area contributed by atoms with E-state index in [0.29, 0.717) is 6.42 Å². The summed E-state index contributed by atoms with van der Waals surface area (Å²) in [5, 5.41) is 19.8. The number of nitrogens with one attached hydrogen (secondary N) is 1. The molecular weight excluding hydrogens is 150 g/mol. The zero-order valence-electron chi connectivity index (χ0n) is 6.15. The summed E-state index contributed by atoms with van der Waals surface area (Å²) in [6, 6.07) is -0.628. The van der Waals surface area contributed by atoms with Gasteiger partial charge >= 0.3 is 5.97 Å². The quantitative estimate of drug-likeness (QED) is 0.449. The molecule has 0 aromatic heterocycles. The number of carbonyl (C=O) groups is 1. The summed E-state index contributed by atoms with van der Waals surface area (Å²) in [6.45, 7) is 0. The van der Waals surface area contributed by atoms with Crippen LogP contribution in [-0.2, 0) is 9.53 Å². The fraction of sp³-hybridized carbons (Fsp3) is 0.833. The third kappa shape index (κ3) is 2.14. The van der Waals surface area contributed by atoms with Crippen LogP contribution in [0.3, 0.4) is 0 Å². The molecule has 1 fully saturated rings. The van der Waals surface area contributed by atoms with E-state index in [-0.39, 0.29) is 6.10 Å². The molecule has 1 heterocycles. The van der Waals surface area contributed by atoms with Crippen molar-refractivity contribution in [3.63, 3.8) is 0 Å². The highest BCUT2D eigenvalue weighted by Crippen LogP contribution is 2.23. The van der Waals surface area contributed by atoms with E-state index in [1.165, 1.54) is 0 Å². The molecule has 0 aliphatic carbocycles. The van der Waals surface area contributed by atoms with Crippen LogP contribution >= 0.6 is 0 Å². The largest absolute Gasteiger partial charge is 0.480 e. The summed E-state index contributed by atoms with van der Waals surface area (Å²) >= 11 is 0. The van der Waals surface area contributed by atoms with E-state index < -0.39 is 18.3 Å². The first-order valence-corrected chi connectivity index (χ1v) is 3.38.